The fourth-order valence-corrected chi connectivity index (χ4v) is 2.69. The maximum Gasteiger partial charge on any atom is 0.330 e. The van der Waals surface area contributed by atoms with Crippen LogP contribution in [0.25, 0.3) is 11.9 Å². The summed E-state index contributed by atoms with van der Waals surface area (Å²) in [5, 5.41) is 18.9. The molecule has 0 aliphatic carbocycles. The quantitative estimate of drug-likeness (QED) is 0.752. The molecule has 3 unspecified atom stereocenters. The average molecular weight is 348 g/mol. The van der Waals surface area contributed by atoms with Gasteiger partial charge in [0, 0.05) is 12.6 Å². The highest BCUT2D eigenvalue weighted by Crippen LogP contribution is 2.27. The molecule has 0 radical (unpaired) electrons. The molecule has 1 saturated heterocycles. The predicted octanol–water partition coefficient (Wildman–Crippen LogP) is 0.645. The molecule has 132 valence electrons. The van der Waals surface area contributed by atoms with Crippen LogP contribution in [0.2, 0.25) is 0 Å². The molecule has 0 spiro atoms. The van der Waals surface area contributed by atoms with E-state index in [1.54, 1.807) is 30.3 Å². The van der Waals surface area contributed by atoms with Gasteiger partial charge in [-0.15, -0.1) is 0 Å². The summed E-state index contributed by atoms with van der Waals surface area (Å²) in [6.07, 6.45) is -0.410. The van der Waals surface area contributed by atoms with Crippen molar-refractivity contribution in [3.8, 4) is 0 Å². The molecule has 0 saturated carbocycles. The first-order chi connectivity index (χ1) is 12.0. The molecular weight excluding hydrogens is 331 g/mol. The Kier molecular flexibility index (Phi) is 4.93. The van der Waals surface area contributed by atoms with Gasteiger partial charge in [0.2, 0.25) is 0 Å². The molecule has 2 heterocycles. The van der Waals surface area contributed by atoms with Gasteiger partial charge >= 0.3 is 5.69 Å². The number of nitrogens with one attached hydrogen (secondary N) is 1. The number of H-pyrrole nitrogens is 1. The Labute approximate surface area is 141 Å². The fourth-order valence-electron chi connectivity index (χ4n) is 2.69. The Balaban J connectivity index is 1.98. The maximum atomic E-state index is 14.5. The third-order valence-corrected chi connectivity index (χ3v) is 4.01. The van der Waals surface area contributed by atoms with Crippen molar-refractivity contribution in [1.29, 1.82) is 0 Å². The lowest BCUT2D eigenvalue weighted by Gasteiger charge is -2.15. The van der Waals surface area contributed by atoms with Gasteiger partial charge in [-0.3, -0.25) is 14.3 Å². The van der Waals surface area contributed by atoms with Gasteiger partial charge < -0.3 is 14.9 Å². The van der Waals surface area contributed by atoms with E-state index >= 15 is 0 Å². The summed E-state index contributed by atoms with van der Waals surface area (Å²) in [6, 6.07) is 8.58. The number of hydrogen-bond donors (Lipinski definition) is 3. The third-order valence-electron chi connectivity index (χ3n) is 4.01. The second-order valence-corrected chi connectivity index (χ2v) is 5.73. The molecule has 1 aliphatic heterocycles. The Hall–Kier alpha value is -2.55. The number of ether oxygens (including phenoxy) is 1. The molecule has 1 fully saturated rings. The molecule has 1 aromatic heterocycles. The van der Waals surface area contributed by atoms with Crippen LogP contribution in [0.1, 0.15) is 23.8 Å². The van der Waals surface area contributed by atoms with Gasteiger partial charge in [-0.2, -0.15) is 0 Å². The van der Waals surface area contributed by atoms with E-state index in [0.717, 1.165) is 10.8 Å². The van der Waals surface area contributed by atoms with Crippen LogP contribution < -0.4 is 11.2 Å². The number of hydrogen-bond acceptors (Lipinski definition) is 5. The van der Waals surface area contributed by atoms with Crippen molar-refractivity contribution in [2.45, 2.75) is 24.9 Å². The topological polar surface area (TPSA) is 105 Å². The number of rotatable bonds is 4. The molecule has 25 heavy (non-hydrogen) atoms. The molecule has 1 aromatic carbocycles. The van der Waals surface area contributed by atoms with Crippen molar-refractivity contribution in [3.05, 3.63) is 68.5 Å². The van der Waals surface area contributed by atoms with Crippen LogP contribution in [0, 0.1) is 0 Å². The van der Waals surface area contributed by atoms with Crippen LogP contribution in [-0.4, -0.2) is 38.6 Å². The number of aliphatic hydroxyl groups excluding tert-OH is 2. The lowest BCUT2D eigenvalue weighted by Crippen LogP contribution is -2.34. The van der Waals surface area contributed by atoms with Crippen LogP contribution >= 0.6 is 0 Å². The van der Waals surface area contributed by atoms with Crippen molar-refractivity contribution in [2.24, 2.45) is 0 Å². The lowest BCUT2D eigenvalue weighted by atomic mass is 10.1. The molecule has 3 N–H and O–H groups in total. The van der Waals surface area contributed by atoms with E-state index in [9.17, 15) is 19.1 Å². The Bertz CT molecular complexity index is 890. The van der Waals surface area contributed by atoms with Crippen LogP contribution in [0.5, 0.6) is 0 Å². The summed E-state index contributed by atoms with van der Waals surface area (Å²) in [5.41, 5.74) is -1.40. The summed E-state index contributed by atoms with van der Waals surface area (Å²) in [4.78, 5) is 26.0. The highest BCUT2D eigenvalue weighted by Gasteiger charge is 2.35. The van der Waals surface area contributed by atoms with Crippen LogP contribution in [-0.2, 0) is 4.74 Å². The van der Waals surface area contributed by atoms with E-state index in [2.05, 4.69) is 0 Å². The van der Waals surface area contributed by atoms with Crippen molar-refractivity contribution in [2.75, 3.05) is 6.61 Å². The Morgan fingerprint density at radius 2 is 2.08 bits per heavy atom. The highest BCUT2D eigenvalue weighted by atomic mass is 19.1. The lowest BCUT2D eigenvalue weighted by molar-refractivity contribution is -0.0459. The molecule has 0 bridgehead atoms. The number of aromatic nitrogens is 2. The molecule has 3 rings (SSSR count). The molecule has 8 heteroatoms. The first-order valence-corrected chi connectivity index (χ1v) is 7.72. The smallest absolute Gasteiger partial charge is 0.330 e. The van der Waals surface area contributed by atoms with E-state index in [-0.39, 0.29) is 12.0 Å². The summed E-state index contributed by atoms with van der Waals surface area (Å²) >= 11 is 0. The van der Waals surface area contributed by atoms with E-state index < -0.39 is 42.1 Å². The minimum atomic E-state index is -0.956. The number of aliphatic hydroxyl groups is 2. The SMILES string of the molecule is O=c1[nH]c(=O)n(C2CC(O)C(CO)O2)cc1C(F)=Cc1ccccc1. The summed E-state index contributed by atoms with van der Waals surface area (Å²) in [6.45, 7) is -0.412. The number of halogens is 1. The standard InChI is InChI=1S/C17H17FN2O5/c18-12(6-10-4-2-1-3-5-10)11-8-20(17(24)19-16(11)23)15-7-13(22)14(9-21)25-15/h1-6,8,13-15,21-22H,7,9H2,(H,19,23,24). The summed E-state index contributed by atoms with van der Waals surface area (Å²) < 4.78 is 20.9. The Morgan fingerprint density at radius 3 is 2.72 bits per heavy atom. The maximum absolute atomic E-state index is 14.5. The van der Waals surface area contributed by atoms with E-state index in [1.165, 1.54) is 6.08 Å². The van der Waals surface area contributed by atoms with Gasteiger partial charge in [-0.25, -0.2) is 9.18 Å². The monoisotopic (exact) mass is 348 g/mol. The zero-order valence-corrected chi connectivity index (χ0v) is 13.1. The van der Waals surface area contributed by atoms with E-state index in [1.807, 2.05) is 4.98 Å². The highest BCUT2D eigenvalue weighted by molar-refractivity contribution is 5.75. The molecule has 1 aliphatic rings. The first-order valence-electron chi connectivity index (χ1n) is 7.72. The first kappa shape index (κ1) is 17.3. The van der Waals surface area contributed by atoms with Gasteiger partial charge in [0.1, 0.15) is 18.2 Å². The number of benzene rings is 1. The van der Waals surface area contributed by atoms with Crippen LogP contribution in [0.15, 0.2) is 46.1 Å². The van der Waals surface area contributed by atoms with Gasteiger partial charge in [-0.05, 0) is 11.6 Å². The van der Waals surface area contributed by atoms with Gasteiger partial charge in [0.15, 0.2) is 0 Å². The van der Waals surface area contributed by atoms with Crippen molar-refractivity contribution < 1.29 is 19.3 Å². The molecule has 7 nitrogen and oxygen atoms in total. The molecule has 2 aromatic rings. The zero-order chi connectivity index (χ0) is 18.0. The predicted molar refractivity (Wildman–Crippen MR) is 88.4 cm³/mol. The average Bonchev–Trinajstić information content (AvgIpc) is 2.96. The van der Waals surface area contributed by atoms with Crippen LogP contribution in [0.3, 0.4) is 0 Å². The fraction of sp³-hybridized carbons (Fsp3) is 0.294. The van der Waals surface area contributed by atoms with Gasteiger partial charge in [0.25, 0.3) is 5.56 Å². The number of nitrogens with zero attached hydrogens (tertiary/aromatic N) is 1. The molecule has 3 atom stereocenters. The Morgan fingerprint density at radius 1 is 1.36 bits per heavy atom. The van der Waals surface area contributed by atoms with E-state index in [0.29, 0.717) is 5.56 Å². The van der Waals surface area contributed by atoms with Gasteiger partial charge in [0.05, 0.1) is 18.3 Å². The van der Waals surface area contributed by atoms with Crippen molar-refractivity contribution in [1.82, 2.24) is 9.55 Å². The normalized spacial score (nSPS) is 23.8. The second-order valence-electron chi connectivity index (χ2n) is 5.73. The zero-order valence-electron chi connectivity index (χ0n) is 13.1. The van der Waals surface area contributed by atoms with E-state index in [4.69, 9.17) is 9.84 Å². The van der Waals surface area contributed by atoms with Crippen LogP contribution in [0.4, 0.5) is 4.39 Å². The van der Waals surface area contributed by atoms with Gasteiger partial charge in [-0.1, -0.05) is 30.3 Å². The molecular formula is C17H17FN2O5. The van der Waals surface area contributed by atoms with Crippen molar-refractivity contribution in [3.63, 3.8) is 0 Å². The second kappa shape index (κ2) is 7.14. The minimum Gasteiger partial charge on any atom is -0.394 e. The van der Waals surface area contributed by atoms with Crippen molar-refractivity contribution >= 4 is 11.9 Å². The summed E-state index contributed by atoms with van der Waals surface area (Å²) in [5.74, 6) is -0.807. The minimum absolute atomic E-state index is 0.0423. The third kappa shape index (κ3) is 3.60. The number of aromatic amines is 1. The molecule has 0 amide bonds. The largest absolute Gasteiger partial charge is 0.394 e. The summed E-state index contributed by atoms with van der Waals surface area (Å²) in [7, 11) is 0.